The van der Waals surface area contributed by atoms with Crippen LogP contribution < -0.4 is 14.8 Å². The zero-order valence-electron chi connectivity index (χ0n) is 14.9. The van der Waals surface area contributed by atoms with Gasteiger partial charge in [0, 0.05) is 18.7 Å². The summed E-state index contributed by atoms with van der Waals surface area (Å²) in [5, 5.41) is 3.82. The largest absolute Gasteiger partial charge is 0.486 e. The molecular formula is C19H23N3O3S. The molecule has 0 radical (unpaired) electrons. The molecule has 2 aromatic rings. The van der Waals surface area contributed by atoms with Crippen molar-refractivity contribution in [3.05, 3.63) is 24.4 Å². The zero-order chi connectivity index (χ0) is 17.9. The van der Waals surface area contributed by atoms with E-state index in [4.69, 9.17) is 9.47 Å². The summed E-state index contributed by atoms with van der Waals surface area (Å²) in [4.78, 5) is 16.9. The van der Waals surface area contributed by atoms with Gasteiger partial charge in [-0.2, -0.15) is 0 Å². The Labute approximate surface area is 157 Å². The van der Waals surface area contributed by atoms with E-state index in [0.29, 0.717) is 13.2 Å². The number of thioether (sulfide) groups is 1. The van der Waals surface area contributed by atoms with Crippen LogP contribution in [0.4, 0.5) is 0 Å². The highest BCUT2D eigenvalue weighted by molar-refractivity contribution is 8.00. The third kappa shape index (κ3) is 3.40. The number of hydrogen-bond donors (Lipinski definition) is 1. The van der Waals surface area contributed by atoms with Gasteiger partial charge in [-0.25, -0.2) is 4.98 Å². The average Bonchev–Trinajstić information content (AvgIpc) is 2.97. The van der Waals surface area contributed by atoms with Crippen molar-refractivity contribution in [3.63, 3.8) is 0 Å². The van der Waals surface area contributed by atoms with E-state index in [1.54, 1.807) is 11.8 Å². The van der Waals surface area contributed by atoms with E-state index in [0.717, 1.165) is 60.3 Å². The molecular weight excluding hydrogens is 350 g/mol. The normalized spacial score (nSPS) is 19.7. The Bertz CT molecular complexity index is 805. The van der Waals surface area contributed by atoms with E-state index >= 15 is 0 Å². The Morgan fingerprint density at radius 1 is 1.27 bits per heavy atom. The number of amides is 1. The van der Waals surface area contributed by atoms with Crippen LogP contribution in [0.1, 0.15) is 26.2 Å². The zero-order valence-corrected chi connectivity index (χ0v) is 15.7. The average molecular weight is 373 g/mol. The molecule has 1 N–H and O–H groups in total. The number of benzene rings is 1. The monoisotopic (exact) mass is 373 g/mol. The van der Waals surface area contributed by atoms with Crippen LogP contribution in [0.25, 0.3) is 11.3 Å². The van der Waals surface area contributed by atoms with E-state index in [2.05, 4.69) is 21.8 Å². The minimum Gasteiger partial charge on any atom is -0.486 e. The summed E-state index contributed by atoms with van der Waals surface area (Å²) >= 11 is 1.57. The Hall–Kier alpha value is -2.15. The Kier molecular flexibility index (Phi) is 5.06. The van der Waals surface area contributed by atoms with Gasteiger partial charge < -0.3 is 19.4 Å². The third-order valence-corrected chi connectivity index (χ3v) is 5.98. The number of imidazole rings is 1. The lowest BCUT2D eigenvalue weighted by molar-refractivity contribution is -0.120. The highest BCUT2D eigenvalue weighted by Crippen LogP contribution is 2.36. The van der Waals surface area contributed by atoms with Gasteiger partial charge in [-0.1, -0.05) is 18.2 Å². The highest BCUT2D eigenvalue weighted by Gasteiger charge is 2.25. The van der Waals surface area contributed by atoms with E-state index in [-0.39, 0.29) is 11.2 Å². The topological polar surface area (TPSA) is 65.4 Å². The summed E-state index contributed by atoms with van der Waals surface area (Å²) in [6, 6.07) is 5.98. The smallest absolute Gasteiger partial charge is 0.233 e. The Morgan fingerprint density at radius 2 is 2.12 bits per heavy atom. The minimum absolute atomic E-state index is 0.0710. The second-order valence-corrected chi connectivity index (χ2v) is 7.59. The van der Waals surface area contributed by atoms with Crippen LogP contribution in [-0.2, 0) is 11.3 Å². The third-order valence-electron chi connectivity index (χ3n) is 4.71. The van der Waals surface area contributed by atoms with Crippen LogP contribution >= 0.6 is 11.8 Å². The van der Waals surface area contributed by atoms with Crippen molar-refractivity contribution in [2.45, 2.75) is 43.1 Å². The van der Waals surface area contributed by atoms with Crippen LogP contribution in [0, 0.1) is 0 Å². The molecule has 1 fully saturated rings. The Balaban J connectivity index is 1.61. The number of nitrogens with zero attached hydrogens (tertiary/aromatic N) is 2. The van der Waals surface area contributed by atoms with Gasteiger partial charge in [0.15, 0.2) is 16.7 Å². The first-order chi connectivity index (χ1) is 12.8. The minimum atomic E-state index is -0.0710. The van der Waals surface area contributed by atoms with Crippen LogP contribution in [0.5, 0.6) is 11.5 Å². The van der Waals surface area contributed by atoms with Crippen LogP contribution in [0.3, 0.4) is 0 Å². The molecule has 2 aliphatic heterocycles. The molecule has 0 bridgehead atoms. The summed E-state index contributed by atoms with van der Waals surface area (Å²) in [6.45, 7) is 4.83. The number of fused-ring (bicyclic) bond motifs is 1. The molecule has 0 saturated carbocycles. The lowest BCUT2D eigenvalue weighted by Crippen LogP contribution is -2.30. The molecule has 4 rings (SSSR count). The molecule has 1 saturated heterocycles. The van der Waals surface area contributed by atoms with Crippen molar-refractivity contribution in [1.82, 2.24) is 14.9 Å². The molecule has 138 valence electrons. The highest BCUT2D eigenvalue weighted by atomic mass is 32.2. The molecule has 2 aliphatic rings. The standard InChI is InChI=1S/C19H23N3O3S/c1-2-22-14(13-6-7-15-16(11-13)25-10-9-24-15)12-21-19(22)26-17-5-3-4-8-20-18(17)23/h6-7,11-12,17H,2-5,8-10H2,1H3,(H,20,23)/t17-/m1/s1. The number of carbonyl (C=O) groups is 1. The van der Waals surface area contributed by atoms with Gasteiger partial charge in [0.25, 0.3) is 0 Å². The van der Waals surface area contributed by atoms with Gasteiger partial charge in [-0.3, -0.25) is 4.79 Å². The fourth-order valence-corrected chi connectivity index (χ4v) is 4.54. The lowest BCUT2D eigenvalue weighted by Gasteiger charge is -2.19. The predicted molar refractivity (Wildman–Crippen MR) is 101 cm³/mol. The quantitative estimate of drug-likeness (QED) is 0.892. The Morgan fingerprint density at radius 3 is 2.96 bits per heavy atom. The molecule has 1 atom stereocenters. The molecule has 3 heterocycles. The van der Waals surface area contributed by atoms with Crippen molar-refractivity contribution in [3.8, 4) is 22.8 Å². The summed E-state index contributed by atoms with van der Waals surface area (Å²) < 4.78 is 13.5. The van der Waals surface area contributed by atoms with Crippen LogP contribution in [-0.4, -0.2) is 40.5 Å². The number of nitrogens with one attached hydrogen (secondary N) is 1. The maximum absolute atomic E-state index is 12.3. The van der Waals surface area contributed by atoms with E-state index in [1.807, 2.05) is 24.4 Å². The first kappa shape index (κ1) is 17.3. The fraction of sp³-hybridized carbons (Fsp3) is 0.474. The first-order valence-electron chi connectivity index (χ1n) is 9.16. The van der Waals surface area contributed by atoms with E-state index < -0.39 is 0 Å². The van der Waals surface area contributed by atoms with Gasteiger partial charge in [-0.15, -0.1) is 0 Å². The maximum atomic E-state index is 12.3. The number of rotatable bonds is 4. The molecule has 0 unspecified atom stereocenters. The second kappa shape index (κ2) is 7.61. The van der Waals surface area contributed by atoms with E-state index in [1.165, 1.54) is 0 Å². The molecule has 0 aliphatic carbocycles. The SMILES string of the molecule is CCn1c(-c2ccc3c(c2)OCCO3)cnc1S[C@@H]1CCCCNC1=O. The van der Waals surface area contributed by atoms with Crippen molar-refractivity contribution in [2.75, 3.05) is 19.8 Å². The van der Waals surface area contributed by atoms with Gasteiger partial charge in [0.05, 0.1) is 17.1 Å². The maximum Gasteiger partial charge on any atom is 0.233 e. The predicted octanol–water partition coefficient (Wildman–Crippen LogP) is 3.10. The second-order valence-electron chi connectivity index (χ2n) is 6.42. The van der Waals surface area contributed by atoms with Crippen molar-refractivity contribution < 1.29 is 14.3 Å². The molecule has 1 aromatic carbocycles. The number of hydrogen-bond acceptors (Lipinski definition) is 5. The number of carbonyl (C=O) groups excluding carboxylic acids is 1. The summed E-state index contributed by atoms with van der Waals surface area (Å²) in [6.07, 6.45) is 4.89. The summed E-state index contributed by atoms with van der Waals surface area (Å²) in [5.74, 6) is 1.68. The number of ether oxygens (including phenoxy) is 2. The van der Waals surface area contributed by atoms with Crippen molar-refractivity contribution >= 4 is 17.7 Å². The summed E-state index contributed by atoms with van der Waals surface area (Å²) in [5.41, 5.74) is 2.07. The molecule has 1 aromatic heterocycles. The van der Waals surface area contributed by atoms with Gasteiger partial charge in [0.1, 0.15) is 13.2 Å². The lowest BCUT2D eigenvalue weighted by atomic mass is 10.1. The summed E-state index contributed by atoms with van der Waals surface area (Å²) in [7, 11) is 0. The van der Waals surface area contributed by atoms with Gasteiger partial charge >= 0.3 is 0 Å². The first-order valence-corrected chi connectivity index (χ1v) is 10.0. The molecule has 0 spiro atoms. The van der Waals surface area contributed by atoms with Crippen LogP contribution in [0.15, 0.2) is 29.6 Å². The van der Waals surface area contributed by atoms with Gasteiger partial charge in [0.2, 0.25) is 5.91 Å². The molecule has 6 nitrogen and oxygen atoms in total. The van der Waals surface area contributed by atoms with Gasteiger partial charge in [-0.05, 0) is 38.0 Å². The fourth-order valence-electron chi connectivity index (χ4n) is 3.34. The molecule has 7 heteroatoms. The van der Waals surface area contributed by atoms with Crippen LogP contribution in [0.2, 0.25) is 0 Å². The molecule has 1 amide bonds. The molecule has 26 heavy (non-hydrogen) atoms. The van der Waals surface area contributed by atoms with E-state index in [9.17, 15) is 4.79 Å². The van der Waals surface area contributed by atoms with Crippen molar-refractivity contribution in [2.24, 2.45) is 0 Å². The number of aromatic nitrogens is 2. The van der Waals surface area contributed by atoms with Crippen molar-refractivity contribution in [1.29, 1.82) is 0 Å².